The van der Waals surface area contributed by atoms with Crippen LogP contribution < -0.4 is 10.6 Å². The first-order valence-corrected chi connectivity index (χ1v) is 7.90. The van der Waals surface area contributed by atoms with Crippen LogP contribution in [-0.2, 0) is 11.2 Å². The van der Waals surface area contributed by atoms with Crippen LogP contribution in [-0.4, -0.2) is 19.0 Å². The minimum absolute atomic E-state index is 0.0156. The van der Waals surface area contributed by atoms with Gasteiger partial charge in [0.05, 0.1) is 16.5 Å². The maximum Gasteiger partial charge on any atom is 0.224 e. The number of halogens is 2. The van der Waals surface area contributed by atoms with Crippen molar-refractivity contribution in [1.29, 1.82) is 0 Å². The smallest absolute Gasteiger partial charge is 0.224 e. The van der Waals surface area contributed by atoms with E-state index in [9.17, 15) is 4.79 Å². The van der Waals surface area contributed by atoms with Gasteiger partial charge in [-0.3, -0.25) is 4.79 Å². The average molecular weight is 337 g/mol. The van der Waals surface area contributed by atoms with Crippen LogP contribution in [0.4, 0.5) is 5.69 Å². The first kappa shape index (κ1) is 16.7. The van der Waals surface area contributed by atoms with E-state index in [4.69, 9.17) is 23.2 Å². The number of nitrogens with one attached hydrogen (secondary N) is 2. The number of benzene rings is 2. The molecule has 5 heteroatoms. The number of carbonyl (C=O) groups excluding carboxylic acids is 1. The maximum absolute atomic E-state index is 11.8. The van der Waals surface area contributed by atoms with Crippen molar-refractivity contribution in [3.05, 3.63) is 64.1 Å². The molecule has 0 atom stereocenters. The zero-order chi connectivity index (χ0) is 15.8. The Morgan fingerprint density at radius 2 is 1.73 bits per heavy atom. The lowest BCUT2D eigenvalue weighted by Gasteiger charge is -2.08. The molecule has 0 saturated carbocycles. The fourth-order valence-electron chi connectivity index (χ4n) is 2.00. The van der Waals surface area contributed by atoms with Gasteiger partial charge in [-0.1, -0.05) is 47.5 Å². The number of hydrogen-bond acceptors (Lipinski definition) is 2. The van der Waals surface area contributed by atoms with Crippen molar-refractivity contribution in [2.75, 3.05) is 18.4 Å². The second kappa shape index (κ2) is 8.66. The summed E-state index contributed by atoms with van der Waals surface area (Å²) in [6.45, 7) is 1.46. The van der Waals surface area contributed by atoms with E-state index in [2.05, 4.69) is 10.6 Å². The monoisotopic (exact) mass is 336 g/mol. The molecule has 0 aliphatic heterocycles. The van der Waals surface area contributed by atoms with Gasteiger partial charge in [0.25, 0.3) is 0 Å². The van der Waals surface area contributed by atoms with Gasteiger partial charge in [0, 0.05) is 18.8 Å². The van der Waals surface area contributed by atoms with Gasteiger partial charge in [-0.15, -0.1) is 0 Å². The predicted octanol–water partition coefficient (Wildman–Crippen LogP) is 4.15. The Labute approximate surface area is 140 Å². The Bertz CT molecular complexity index is 617. The van der Waals surface area contributed by atoms with E-state index in [1.807, 2.05) is 36.4 Å². The number of carbonyl (C=O) groups is 1. The van der Waals surface area contributed by atoms with E-state index in [0.29, 0.717) is 23.0 Å². The first-order chi connectivity index (χ1) is 10.6. The summed E-state index contributed by atoms with van der Waals surface area (Å²) in [7, 11) is 0. The number of amides is 1. The van der Waals surface area contributed by atoms with Crippen LogP contribution in [0.2, 0.25) is 10.0 Å². The van der Waals surface area contributed by atoms with E-state index < -0.39 is 0 Å². The van der Waals surface area contributed by atoms with Crippen LogP contribution >= 0.6 is 23.2 Å². The molecule has 0 saturated heterocycles. The Morgan fingerprint density at radius 1 is 0.955 bits per heavy atom. The molecule has 0 aliphatic rings. The normalized spacial score (nSPS) is 10.3. The third-order valence-corrected chi connectivity index (χ3v) is 3.87. The molecule has 2 rings (SSSR count). The van der Waals surface area contributed by atoms with Crippen molar-refractivity contribution < 1.29 is 4.79 Å². The fraction of sp³-hybridized carbons (Fsp3) is 0.235. The summed E-state index contributed by atoms with van der Waals surface area (Å²) in [5, 5.41) is 7.16. The van der Waals surface area contributed by atoms with Crippen molar-refractivity contribution in [3.63, 3.8) is 0 Å². The van der Waals surface area contributed by atoms with Crippen LogP contribution in [0.1, 0.15) is 12.0 Å². The highest BCUT2D eigenvalue weighted by atomic mass is 35.5. The highest BCUT2D eigenvalue weighted by molar-refractivity contribution is 6.42. The molecule has 2 aromatic rings. The molecule has 22 heavy (non-hydrogen) atoms. The fourth-order valence-corrected chi connectivity index (χ4v) is 2.32. The minimum atomic E-state index is -0.0156. The molecule has 116 valence electrons. The SMILES string of the molecule is O=C(Cc1ccc(Cl)c(Cl)c1)NCCCNc1ccccc1. The van der Waals surface area contributed by atoms with Gasteiger partial charge < -0.3 is 10.6 Å². The molecule has 0 aliphatic carbocycles. The summed E-state index contributed by atoms with van der Waals surface area (Å²) in [4.78, 5) is 11.8. The summed E-state index contributed by atoms with van der Waals surface area (Å²) >= 11 is 11.8. The lowest BCUT2D eigenvalue weighted by molar-refractivity contribution is -0.120. The molecular weight excluding hydrogens is 319 g/mol. The van der Waals surface area contributed by atoms with Gasteiger partial charge in [-0.2, -0.15) is 0 Å². The van der Waals surface area contributed by atoms with E-state index in [1.165, 1.54) is 0 Å². The number of para-hydroxylation sites is 1. The predicted molar refractivity (Wildman–Crippen MR) is 92.7 cm³/mol. The number of rotatable bonds is 7. The van der Waals surface area contributed by atoms with E-state index in [1.54, 1.807) is 12.1 Å². The highest BCUT2D eigenvalue weighted by Crippen LogP contribution is 2.22. The van der Waals surface area contributed by atoms with Crippen molar-refractivity contribution in [1.82, 2.24) is 5.32 Å². The Kier molecular flexibility index (Phi) is 6.56. The largest absolute Gasteiger partial charge is 0.385 e. The topological polar surface area (TPSA) is 41.1 Å². The molecule has 2 N–H and O–H groups in total. The van der Waals surface area contributed by atoms with Gasteiger partial charge in [0.15, 0.2) is 0 Å². The van der Waals surface area contributed by atoms with Crippen LogP contribution in [0.25, 0.3) is 0 Å². The highest BCUT2D eigenvalue weighted by Gasteiger charge is 2.05. The summed E-state index contributed by atoms with van der Waals surface area (Å²) in [6, 6.07) is 15.2. The Balaban J connectivity index is 1.64. The standard InChI is InChI=1S/C17H18Cl2N2O/c18-15-8-7-13(11-16(15)19)12-17(22)21-10-4-9-20-14-5-2-1-3-6-14/h1-3,5-8,11,20H,4,9-10,12H2,(H,21,22). The third-order valence-electron chi connectivity index (χ3n) is 3.13. The Hall–Kier alpha value is -1.71. The molecule has 0 heterocycles. The van der Waals surface area contributed by atoms with Crippen molar-refractivity contribution in [3.8, 4) is 0 Å². The Morgan fingerprint density at radius 3 is 2.45 bits per heavy atom. The maximum atomic E-state index is 11.8. The van der Waals surface area contributed by atoms with E-state index in [-0.39, 0.29) is 5.91 Å². The molecule has 0 fully saturated rings. The molecule has 0 bridgehead atoms. The van der Waals surface area contributed by atoms with Gasteiger partial charge in [0.2, 0.25) is 5.91 Å². The first-order valence-electron chi connectivity index (χ1n) is 7.15. The zero-order valence-corrected chi connectivity index (χ0v) is 13.6. The van der Waals surface area contributed by atoms with Gasteiger partial charge in [-0.05, 0) is 36.2 Å². The second-order valence-corrected chi connectivity index (χ2v) is 5.74. The molecular formula is C17H18Cl2N2O. The van der Waals surface area contributed by atoms with Crippen LogP contribution in [0.15, 0.2) is 48.5 Å². The van der Waals surface area contributed by atoms with Gasteiger partial charge >= 0.3 is 0 Å². The summed E-state index contributed by atoms with van der Waals surface area (Å²) in [5.74, 6) is -0.0156. The zero-order valence-electron chi connectivity index (χ0n) is 12.1. The summed E-state index contributed by atoms with van der Waals surface area (Å²) in [5.41, 5.74) is 1.94. The number of hydrogen-bond donors (Lipinski definition) is 2. The van der Waals surface area contributed by atoms with Gasteiger partial charge in [-0.25, -0.2) is 0 Å². The van der Waals surface area contributed by atoms with Crippen molar-refractivity contribution in [2.45, 2.75) is 12.8 Å². The molecule has 3 nitrogen and oxygen atoms in total. The minimum Gasteiger partial charge on any atom is -0.385 e. The van der Waals surface area contributed by atoms with Crippen molar-refractivity contribution in [2.24, 2.45) is 0 Å². The van der Waals surface area contributed by atoms with E-state index >= 15 is 0 Å². The molecule has 0 radical (unpaired) electrons. The third kappa shape index (κ3) is 5.58. The average Bonchev–Trinajstić information content (AvgIpc) is 2.52. The molecule has 0 aromatic heterocycles. The summed E-state index contributed by atoms with van der Waals surface area (Å²) in [6.07, 6.45) is 1.17. The van der Waals surface area contributed by atoms with Gasteiger partial charge in [0.1, 0.15) is 0 Å². The lowest BCUT2D eigenvalue weighted by Crippen LogP contribution is -2.27. The van der Waals surface area contributed by atoms with Crippen LogP contribution in [0.5, 0.6) is 0 Å². The molecule has 0 unspecified atom stereocenters. The van der Waals surface area contributed by atoms with Crippen LogP contribution in [0.3, 0.4) is 0 Å². The van der Waals surface area contributed by atoms with Crippen molar-refractivity contribution >= 4 is 34.8 Å². The lowest BCUT2D eigenvalue weighted by atomic mass is 10.1. The quantitative estimate of drug-likeness (QED) is 0.745. The van der Waals surface area contributed by atoms with E-state index in [0.717, 1.165) is 24.2 Å². The molecule has 0 spiro atoms. The summed E-state index contributed by atoms with van der Waals surface area (Å²) < 4.78 is 0. The molecule has 2 aromatic carbocycles. The second-order valence-electron chi connectivity index (χ2n) is 4.92. The number of anilines is 1. The molecule has 1 amide bonds. The van der Waals surface area contributed by atoms with Crippen LogP contribution in [0, 0.1) is 0 Å².